The van der Waals surface area contributed by atoms with Crippen molar-refractivity contribution in [3.63, 3.8) is 0 Å². The summed E-state index contributed by atoms with van der Waals surface area (Å²) in [5, 5.41) is 0. The molecule has 0 bridgehead atoms. The largest absolute Gasteiger partial charge is 0.494 e. The van der Waals surface area contributed by atoms with Crippen molar-refractivity contribution in [2.45, 2.75) is 25.3 Å². The molecule has 0 unspecified atom stereocenters. The quantitative estimate of drug-likeness (QED) is 0.885. The van der Waals surface area contributed by atoms with Crippen LogP contribution >= 0.6 is 0 Å². The number of benzene rings is 1. The number of hydrogen-bond donors (Lipinski definition) is 1. The summed E-state index contributed by atoms with van der Waals surface area (Å²) in [5.41, 5.74) is 6.22. The first kappa shape index (κ1) is 14.9. The van der Waals surface area contributed by atoms with Crippen LogP contribution in [0.4, 0.5) is 4.39 Å². The number of ether oxygens (including phenoxy) is 1. The zero-order valence-electron chi connectivity index (χ0n) is 11.8. The third-order valence-electron chi connectivity index (χ3n) is 3.68. The zero-order valence-corrected chi connectivity index (χ0v) is 11.8. The number of ketones is 1. The van der Waals surface area contributed by atoms with E-state index in [-0.39, 0.29) is 24.0 Å². The summed E-state index contributed by atoms with van der Waals surface area (Å²) in [4.78, 5) is 14.1. The highest BCUT2D eigenvalue weighted by Gasteiger charge is 2.19. The topological polar surface area (TPSA) is 55.6 Å². The van der Waals surface area contributed by atoms with Crippen molar-refractivity contribution < 1.29 is 13.9 Å². The highest BCUT2D eigenvalue weighted by molar-refractivity contribution is 5.83. The molecule has 1 aliphatic rings. The molecule has 5 heteroatoms. The normalized spacial score (nSPS) is 17.1. The lowest BCUT2D eigenvalue weighted by Gasteiger charge is -2.29. The van der Waals surface area contributed by atoms with Crippen LogP contribution in [0.15, 0.2) is 18.2 Å². The Morgan fingerprint density at radius 3 is 2.80 bits per heavy atom. The van der Waals surface area contributed by atoms with E-state index in [9.17, 15) is 9.18 Å². The van der Waals surface area contributed by atoms with Gasteiger partial charge >= 0.3 is 0 Å². The number of halogens is 1. The van der Waals surface area contributed by atoms with Crippen molar-refractivity contribution >= 4 is 5.78 Å². The van der Waals surface area contributed by atoms with E-state index in [2.05, 4.69) is 4.90 Å². The minimum absolute atomic E-state index is 0.0209. The zero-order chi connectivity index (χ0) is 14.5. The molecular formula is C15H21FN2O2. The van der Waals surface area contributed by atoms with E-state index in [0.717, 1.165) is 25.9 Å². The average Bonchev–Trinajstić information content (AvgIpc) is 2.44. The Morgan fingerprint density at radius 2 is 2.15 bits per heavy atom. The molecule has 1 aliphatic heterocycles. The number of Topliss-reactive ketones (excluding diaryl/α,β-unsaturated/α-hetero) is 1. The van der Waals surface area contributed by atoms with Crippen molar-refractivity contribution in [3.05, 3.63) is 29.6 Å². The number of nitrogens with two attached hydrogens (primary N) is 1. The van der Waals surface area contributed by atoms with Gasteiger partial charge in [-0.05, 0) is 24.5 Å². The third kappa shape index (κ3) is 3.77. The Labute approximate surface area is 118 Å². The van der Waals surface area contributed by atoms with E-state index in [4.69, 9.17) is 10.5 Å². The molecule has 0 saturated carbocycles. The predicted octanol–water partition coefficient (Wildman–Crippen LogP) is 1.37. The number of carbonyl (C=O) groups is 1. The van der Waals surface area contributed by atoms with Crippen LogP contribution < -0.4 is 10.5 Å². The van der Waals surface area contributed by atoms with E-state index < -0.39 is 5.82 Å². The molecule has 0 spiro atoms. The van der Waals surface area contributed by atoms with Crippen molar-refractivity contribution in [1.29, 1.82) is 0 Å². The molecule has 0 atom stereocenters. The fourth-order valence-corrected chi connectivity index (χ4v) is 2.48. The molecule has 1 saturated heterocycles. The maximum Gasteiger partial charge on any atom is 0.168 e. The third-order valence-corrected chi connectivity index (χ3v) is 3.68. The van der Waals surface area contributed by atoms with Gasteiger partial charge in [0, 0.05) is 25.6 Å². The number of likely N-dealkylation sites (tertiary alicyclic amines) is 1. The molecule has 2 rings (SSSR count). The van der Waals surface area contributed by atoms with Gasteiger partial charge in [0.2, 0.25) is 0 Å². The Morgan fingerprint density at radius 1 is 1.45 bits per heavy atom. The Kier molecular flexibility index (Phi) is 5.09. The lowest BCUT2D eigenvalue weighted by molar-refractivity contribution is -0.119. The molecular weight excluding hydrogens is 259 g/mol. The number of rotatable bonds is 5. The van der Waals surface area contributed by atoms with Gasteiger partial charge in [0.25, 0.3) is 0 Å². The van der Waals surface area contributed by atoms with Crippen molar-refractivity contribution in [2.24, 2.45) is 5.73 Å². The summed E-state index contributed by atoms with van der Waals surface area (Å²) in [6, 6.07) is 5.12. The monoisotopic (exact) mass is 280 g/mol. The van der Waals surface area contributed by atoms with Crippen LogP contribution in [0.2, 0.25) is 0 Å². The molecule has 0 radical (unpaired) electrons. The molecule has 1 aromatic rings. The number of hydrogen-bond acceptors (Lipinski definition) is 4. The molecule has 1 fully saturated rings. The van der Waals surface area contributed by atoms with Crippen LogP contribution in [0.3, 0.4) is 0 Å². The van der Waals surface area contributed by atoms with Gasteiger partial charge in [0.15, 0.2) is 17.3 Å². The van der Waals surface area contributed by atoms with Crippen LogP contribution in [0.5, 0.6) is 5.75 Å². The van der Waals surface area contributed by atoms with E-state index in [1.165, 1.54) is 7.11 Å². The van der Waals surface area contributed by atoms with Crippen LogP contribution in [0.25, 0.3) is 0 Å². The predicted molar refractivity (Wildman–Crippen MR) is 75.3 cm³/mol. The second-order valence-corrected chi connectivity index (χ2v) is 5.26. The molecule has 2 N–H and O–H groups in total. The molecule has 0 aliphatic carbocycles. The SMILES string of the molecule is COc1cccc(CC(=O)CN2CCC(N)CC2)c1F. The van der Waals surface area contributed by atoms with Gasteiger partial charge in [-0.15, -0.1) is 0 Å². The summed E-state index contributed by atoms with van der Waals surface area (Å²) >= 11 is 0. The van der Waals surface area contributed by atoms with E-state index in [1.807, 2.05) is 0 Å². The first-order valence-corrected chi connectivity index (χ1v) is 6.91. The van der Waals surface area contributed by atoms with Crippen LogP contribution in [0.1, 0.15) is 18.4 Å². The van der Waals surface area contributed by atoms with Gasteiger partial charge in [-0.25, -0.2) is 4.39 Å². The lowest BCUT2D eigenvalue weighted by atomic mass is 10.0. The highest BCUT2D eigenvalue weighted by atomic mass is 19.1. The van der Waals surface area contributed by atoms with E-state index in [0.29, 0.717) is 12.1 Å². The Balaban J connectivity index is 1.91. The van der Waals surface area contributed by atoms with Gasteiger partial charge in [-0.1, -0.05) is 12.1 Å². The Hall–Kier alpha value is -1.46. The smallest absolute Gasteiger partial charge is 0.168 e. The van der Waals surface area contributed by atoms with Gasteiger partial charge in [-0.3, -0.25) is 9.69 Å². The van der Waals surface area contributed by atoms with Crippen LogP contribution in [-0.4, -0.2) is 43.5 Å². The number of methoxy groups -OCH3 is 1. The summed E-state index contributed by atoms with van der Waals surface area (Å²) in [7, 11) is 1.42. The molecule has 1 aromatic carbocycles. The second-order valence-electron chi connectivity index (χ2n) is 5.26. The van der Waals surface area contributed by atoms with Gasteiger partial charge in [-0.2, -0.15) is 0 Å². The fourth-order valence-electron chi connectivity index (χ4n) is 2.48. The minimum Gasteiger partial charge on any atom is -0.494 e. The average molecular weight is 280 g/mol. The summed E-state index contributed by atoms with van der Waals surface area (Å²) in [6.07, 6.45) is 1.94. The van der Waals surface area contributed by atoms with Crippen molar-refractivity contribution in [3.8, 4) is 5.75 Å². The minimum atomic E-state index is -0.441. The van der Waals surface area contributed by atoms with Gasteiger partial charge in [0.1, 0.15) is 0 Å². The van der Waals surface area contributed by atoms with E-state index >= 15 is 0 Å². The standard InChI is InChI=1S/C15H21FN2O2/c1-20-14-4-2-3-11(15(14)16)9-13(19)10-18-7-5-12(17)6-8-18/h2-4,12H,5-10,17H2,1H3. The number of piperidine rings is 1. The fraction of sp³-hybridized carbons (Fsp3) is 0.533. The number of carbonyl (C=O) groups excluding carboxylic acids is 1. The van der Waals surface area contributed by atoms with Crippen LogP contribution in [-0.2, 0) is 11.2 Å². The molecule has 1 heterocycles. The second kappa shape index (κ2) is 6.81. The highest BCUT2D eigenvalue weighted by Crippen LogP contribution is 2.20. The first-order chi connectivity index (χ1) is 9.60. The molecule has 0 amide bonds. The van der Waals surface area contributed by atoms with Crippen molar-refractivity contribution in [1.82, 2.24) is 4.90 Å². The molecule has 20 heavy (non-hydrogen) atoms. The Bertz CT molecular complexity index is 471. The maximum absolute atomic E-state index is 14.0. The van der Waals surface area contributed by atoms with Crippen molar-refractivity contribution in [2.75, 3.05) is 26.7 Å². The first-order valence-electron chi connectivity index (χ1n) is 6.91. The number of nitrogens with zero attached hydrogens (tertiary/aromatic N) is 1. The maximum atomic E-state index is 14.0. The molecule has 110 valence electrons. The lowest BCUT2D eigenvalue weighted by Crippen LogP contribution is -2.42. The van der Waals surface area contributed by atoms with Gasteiger partial charge < -0.3 is 10.5 Å². The summed E-state index contributed by atoms with van der Waals surface area (Å²) in [6.45, 7) is 2.05. The van der Waals surface area contributed by atoms with Gasteiger partial charge in [0.05, 0.1) is 13.7 Å². The van der Waals surface area contributed by atoms with E-state index in [1.54, 1.807) is 18.2 Å². The molecule has 0 aromatic heterocycles. The molecule has 4 nitrogen and oxygen atoms in total. The van der Waals surface area contributed by atoms with Crippen LogP contribution in [0, 0.1) is 5.82 Å². The summed E-state index contributed by atoms with van der Waals surface area (Å²) < 4.78 is 18.9. The summed E-state index contributed by atoms with van der Waals surface area (Å²) in [5.74, 6) is -0.240.